The Bertz CT molecular complexity index is 1480. The van der Waals surface area contributed by atoms with E-state index in [0.29, 0.717) is 11.6 Å². The van der Waals surface area contributed by atoms with Gasteiger partial charge in [0.15, 0.2) is 31.2 Å². The zero-order valence-corrected chi connectivity index (χ0v) is 25.4. The SMILES string of the molecule is C[C@@H]1CN(CCS(=O)(=O)CC[C@@H]2OCC[C@@]3(S(=O)(=O)c4ccc(Cl)cc4)c4c(F)ccc(F)c4OC[C@@H]23)C[C@H](C)N1. The molecule has 13 heteroatoms. The molecule has 3 heterocycles. The van der Waals surface area contributed by atoms with Gasteiger partial charge in [0.25, 0.3) is 0 Å². The van der Waals surface area contributed by atoms with E-state index < -0.39 is 53.8 Å². The number of hydrogen-bond donors (Lipinski definition) is 1. The molecule has 0 aliphatic carbocycles. The third kappa shape index (κ3) is 5.88. The molecule has 2 saturated heterocycles. The normalized spacial score (nSPS) is 28.9. The summed E-state index contributed by atoms with van der Waals surface area (Å²) in [6, 6.07) is 7.83. The summed E-state index contributed by atoms with van der Waals surface area (Å²) in [6.07, 6.45) is -1.03. The van der Waals surface area contributed by atoms with Crippen molar-refractivity contribution in [3.63, 3.8) is 0 Å². The number of ether oxygens (including phenoxy) is 2. The van der Waals surface area contributed by atoms with Crippen molar-refractivity contribution in [1.29, 1.82) is 0 Å². The highest BCUT2D eigenvalue weighted by molar-refractivity contribution is 7.92. The maximum Gasteiger partial charge on any atom is 0.189 e. The molecule has 3 aliphatic rings. The van der Waals surface area contributed by atoms with Crippen molar-refractivity contribution in [1.82, 2.24) is 10.2 Å². The number of piperazine rings is 1. The van der Waals surface area contributed by atoms with E-state index in [0.717, 1.165) is 25.2 Å². The van der Waals surface area contributed by atoms with Crippen molar-refractivity contribution in [3.8, 4) is 5.75 Å². The van der Waals surface area contributed by atoms with Gasteiger partial charge in [0.2, 0.25) is 0 Å². The second kappa shape index (κ2) is 11.7. The molecule has 2 fully saturated rings. The Hall–Kier alpha value is -1.83. The first-order chi connectivity index (χ1) is 19.3. The topological polar surface area (TPSA) is 102 Å². The number of halogens is 3. The molecule has 2 aromatic carbocycles. The predicted octanol–water partition coefficient (Wildman–Crippen LogP) is 3.57. The van der Waals surface area contributed by atoms with E-state index in [1.807, 2.05) is 0 Å². The molecule has 0 amide bonds. The summed E-state index contributed by atoms with van der Waals surface area (Å²) < 4.78 is 95.1. The minimum Gasteiger partial charge on any atom is -0.490 e. The van der Waals surface area contributed by atoms with Crippen LogP contribution in [-0.2, 0) is 29.2 Å². The molecular weight excluding hydrogens is 598 g/mol. The minimum atomic E-state index is -4.36. The lowest BCUT2D eigenvalue weighted by atomic mass is 9.75. The molecule has 8 nitrogen and oxygen atoms in total. The van der Waals surface area contributed by atoms with Crippen LogP contribution in [0.25, 0.3) is 0 Å². The van der Waals surface area contributed by atoms with Gasteiger partial charge in [-0.3, -0.25) is 4.90 Å². The number of fused-ring (bicyclic) bond motifs is 3. The van der Waals surface area contributed by atoms with Gasteiger partial charge in [-0.05, 0) is 63.1 Å². The summed E-state index contributed by atoms with van der Waals surface area (Å²) >= 11 is 6.00. The van der Waals surface area contributed by atoms with Crippen LogP contribution in [0.15, 0.2) is 41.3 Å². The number of sulfone groups is 2. The summed E-state index contributed by atoms with van der Waals surface area (Å²) in [6.45, 7) is 5.64. The standard InChI is InChI=1S/C28H35ClF2N2O6S2/c1-18-15-33(16-19(2)32-18)11-14-40(34,35)13-9-25-22-17-39-27-24(31)8-7-23(30)26(27)28(22,10-12-38-25)41(36,37)21-5-3-20(29)4-6-21/h3-8,18-19,22,25,32H,9-17H2,1-2H3/t18-,19+,22-,25-,28-/m0/s1. The Morgan fingerprint density at radius 2 is 1.66 bits per heavy atom. The van der Waals surface area contributed by atoms with Crippen LogP contribution in [0, 0.1) is 17.6 Å². The molecule has 5 rings (SSSR count). The summed E-state index contributed by atoms with van der Waals surface area (Å²) in [5.74, 6) is -3.47. The summed E-state index contributed by atoms with van der Waals surface area (Å²) in [7, 11) is -7.88. The van der Waals surface area contributed by atoms with Crippen LogP contribution in [0.4, 0.5) is 8.78 Å². The zero-order chi connectivity index (χ0) is 29.6. The van der Waals surface area contributed by atoms with Gasteiger partial charge in [0.05, 0.1) is 34.7 Å². The van der Waals surface area contributed by atoms with Crippen LogP contribution in [0.3, 0.4) is 0 Å². The van der Waals surface area contributed by atoms with Gasteiger partial charge < -0.3 is 14.8 Å². The molecule has 0 bridgehead atoms. The molecule has 5 atom stereocenters. The van der Waals surface area contributed by atoms with Crippen molar-refractivity contribution in [2.24, 2.45) is 5.92 Å². The molecule has 0 saturated carbocycles. The third-order valence-electron chi connectivity index (χ3n) is 8.41. The fourth-order valence-corrected chi connectivity index (χ4v) is 10.4. The first kappa shape index (κ1) is 30.6. The molecule has 3 aliphatic heterocycles. The molecule has 2 aromatic rings. The second-order valence-electron chi connectivity index (χ2n) is 11.3. The van der Waals surface area contributed by atoms with E-state index in [2.05, 4.69) is 24.1 Å². The van der Waals surface area contributed by atoms with E-state index in [1.165, 1.54) is 24.3 Å². The number of rotatable bonds is 8. The van der Waals surface area contributed by atoms with Crippen molar-refractivity contribution < 1.29 is 35.1 Å². The number of hydrogen-bond acceptors (Lipinski definition) is 8. The van der Waals surface area contributed by atoms with Gasteiger partial charge in [-0.25, -0.2) is 25.6 Å². The Labute approximate surface area is 245 Å². The van der Waals surface area contributed by atoms with Gasteiger partial charge >= 0.3 is 0 Å². The van der Waals surface area contributed by atoms with Gasteiger partial charge in [-0.1, -0.05) is 11.6 Å². The Kier molecular flexibility index (Phi) is 8.73. The molecular formula is C28H35ClF2N2O6S2. The van der Waals surface area contributed by atoms with Gasteiger partial charge in [0, 0.05) is 49.3 Å². The summed E-state index contributed by atoms with van der Waals surface area (Å²) in [5.41, 5.74) is -0.373. The van der Waals surface area contributed by atoms with E-state index in [1.54, 1.807) is 0 Å². The van der Waals surface area contributed by atoms with Crippen LogP contribution in [0.1, 0.15) is 32.3 Å². The lowest BCUT2D eigenvalue weighted by molar-refractivity contribution is -0.0732. The van der Waals surface area contributed by atoms with Gasteiger partial charge in [-0.2, -0.15) is 0 Å². The first-order valence-electron chi connectivity index (χ1n) is 13.8. The first-order valence-corrected chi connectivity index (χ1v) is 17.4. The van der Waals surface area contributed by atoms with Crippen molar-refractivity contribution in [2.45, 2.75) is 54.5 Å². The van der Waals surface area contributed by atoms with E-state index in [9.17, 15) is 21.2 Å². The van der Waals surface area contributed by atoms with Crippen molar-refractivity contribution in [3.05, 3.63) is 58.6 Å². The fraction of sp³-hybridized carbons (Fsp3) is 0.571. The Balaban J connectivity index is 1.44. The highest BCUT2D eigenvalue weighted by Crippen LogP contribution is 2.56. The van der Waals surface area contributed by atoms with Gasteiger partial charge in [0.1, 0.15) is 10.6 Å². The predicted molar refractivity (Wildman–Crippen MR) is 152 cm³/mol. The van der Waals surface area contributed by atoms with Crippen LogP contribution >= 0.6 is 11.6 Å². The summed E-state index contributed by atoms with van der Waals surface area (Å²) in [4.78, 5) is 2.02. The maximum absolute atomic E-state index is 15.5. The third-order valence-corrected chi connectivity index (χ3v) is 12.9. The molecule has 41 heavy (non-hydrogen) atoms. The molecule has 0 unspecified atom stereocenters. The van der Waals surface area contributed by atoms with Gasteiger partial charge in [-0.15, -0.1) is 0 Å². The average Bonchev–Trinajstić information content (AvgIpc) is 2.92. The zero-order valence-electron chi connectivity index (χ0n) is 23.0. The van der Waals surface area contributed by atoms with E-state index >= 15 is 4.39 Å². The molecule has 0 radical (unpaired) electrons. The fourth-order valence-electron chi connectivity index (χ4n) is 6.62. The smallest absolute Gasteiger partial charge is 0.189 e. The number of nitrogens with zero attached hydrogens (tertiary/aromatic N) is 1. The lowest BCUT2D eigenvalue weighted by Gasteiger charge is -2.50. The minimum absolute atomic E-state index is 0.00508. The largest absolute Gasteiger partial charge is 0.490 e. The second-order valence-corrected chi connectivity index (χ2v) is 16.3. The maximum atomic E-state index is 15.5. The average molecular weight is 633 g/mol. The highest BCUT2D eigenvalue weighted by Gasteiger charge is 2.61. The molecule has 1 N–H and O–H groups in total. The van der Waals surface area contributed by atoms with Crippen LogP contribution < -0.4 is 10.1 Å². The number of nitrogens with one attached hydrogen (secondary N) is 1. The van der Waals surface area contributed by atoms with E-state index in [-0.39, 0.29) is 60.1 Å². The quantitative estimate of drug-likeness (QED) is 0.472. The summed E-state index contributed by atoms with van der Waals surface area (Å²) in [5, 5.41) is 3.74. The van der Waals surface area contributed by atoms with Crippen molar-refractivity contribution in [2.75, 3.05) is 44.4 Å². The monoisotopic (exact) mass is 632 g/mol. The van der Waals surface area contributed by atoms with E-state index in [4.69, 9.17) is 21.1 Å². The highest BCUT2D eigenvalue weighted by atomic mass is 35.5. The van der Waals surface area contributed by atoms with Crippen molar-refractivity contribution >= 4 is 31.3 Å². The van der Waals surface area contributed by atoms with Crippen LogP contribution in [0.2, 0.25) is 5.02 Å². The molecule has 226 valence electrons. The Morgan fingerprint density at radius 3 is 2.34 bits per heavy atom. The van der Waals surface area contributed by atoms with Crippen LogP contribution in [0.5, 0.6) is 5.75 Å². The number of benzene rings is 2. The molecule has 0 aromatic heterocycles. The molecule has 0 spiro atoms. The Morgan fingerprint density at radius 1 is 1.00 bits per heavy atom. The van der Waals surface area contributed by atoms with Crippen LogP contribution in [-0.4, -0.2) is 84.3 Å². The lowest BCUT2D eigenvalue weighted by Crippen LogP contribution is -2.57.